The highest BCUT2D eigenvalue weighted by Crippen LogP contribution is 2.48. The molecule has 0 N–H and O–H groups in total. The zero-order chi connectivity index (χ0) is 19.6. The minimum absolute atomic E-state index is 0.0712. The molecule has 2 atom stereocenters. The SMILES string of the molecule is CCCCC(CC)CC1(OC)C(=O)c2cc(Br)ccc2-c2ccc(Br)cc21. The molecule has 3 rings (SSSR count). The molecule has 0 saturated carbocycles. The number of carbonyl (C=O) groups is 1. The summed E-state index contributed by atoms with van der Waals surface area (Å²) >= 11 is 7.12. The van der Waals surface area contributed by atoms with E-state index in [1.165, 1.54) is 12.8 Å². The fourth-order valence-electron chi connectivity index (χ4n) is 4.20. The van der Waals surface area contributed by atoms with Gasteiger partial charge in [-0.3, -0.25) is 4.79 Å². The fourth-order valence-corrected chi connectivity index (χ4v) is 4.93. The standard InChI is InChI=1S/C23H26Br2O2/c1-4-6-7-15(5-2)14-23(27-3)21-13-17(25)9-11-19(21)18-10-8-16(24)12-20(18)22(23)26/h8-13,15H,4-7,14H2,1-3H3. The summed E-state index contributed by atoms with van der Waals surface area (Å²) in [5.74, 6) is 0.524. The van der Waals surface area contributed by atoms with Crippen molar-refractivity contribution < 1.29 is 9.53 Å². The summed E-state index contributed by atoms with van der Waals surface area (Å²) in [5, 5.41) is 0. The lowest BCUT2D eigenvalue weighted by molar-refractivity contribution is -0.0176. The van der Waals surface area contributed by atoms with Crippen molar-refractivity contribution in [3.05, 3.63) is 56.5 Å². The van der Waals surface area contributed by atoms with E-state index in [0.717, 1.165) is 44.0 Å². The molecule has 144 valence electrons. The summed E-state index contributed by atoms with van der Waals surface area (Å²) in [6.45, 7) is 4.42. The Kier molecular flexibility index (Phi) is 6.60. The molecule has 1 aliphatic carbocycles. The molecule has 27 heavy (non-hydrogen) atoms. The smallest absolute Gasteiger partial charge is 0.199 e. The van der Waals surface area contributed by atoms with Gasteiger partial charge in [-0.1, -0.05) is 83.5 Å². The number of fused-ring (bicyclic) bond motifs is 3. The summed E-state index contributed by atoms with van der Waals surface area (Å²) in [4.78, 5) is 13.8. The molecule has 4 heteroatoms. The van der Waals surface area contributed by atoms with E-state index in [4.69, 9.17) is 4.74 Å². The largest absolute Gasteiger partial charge is 0.365 e. The van der Waals surface area contributed by atoms with Crippen molar-refractivity contribution in [3.63, 3.8) is 0 Å². The van der Waals surface area contributed by atoms with Crippen LogP contribution in [0.5, 0.6) is 0 Å². The van der Waals surface area contributed by atoms with E-state index in [0.29, 0.717) is 12.3 Å². The van der Waals surface area contributed by atoms with Gasteiger partial charge in [-0.15, -0.1) is 0 Å². The fraction of sp³-hybridized carbons (Fsp3) is 0.435. The maximum Gasteiger partial charge on any atom is 0.199 e. The maximum absolute atomic E-state index is 13.8. The molecule has 0 bridgehead atoms. The van der Waals surface area contributed by atoms with Crippen molar-refractivity contribution >= 4 is 37.6 Å². The Hall–Kier alpha value is -0.970. The molecule has 0 radical (unpaired) electrons. The Labute approximate surface area is 179 Å². The Morgan fingerprint density at radius 1 is 1.00 bits per heavy atom. The Bertz CT molecular complexity index is 846. The molecule has 2 nitrogen and oxygen atoms in total. The number of hydrogen-bond acceptors (Lipinski definition) is 2. The third-order valence-corrected chi connectivity index (χ3v) is 6.75. The summed E-state index contributed by atoms with van der Waals surface area (Å²) in [6, 6.07) is 12.2. The van der Waals surface area contributed by atoms with Gasteiger partial charge >= 0.3 is 0 Å². The van der Waals surface area contributed by atoms with E-state index in [1.807, 2.05) is 24.3 Å². The number of methoxy groups -OCH3 is 1. The van der Waals surface area contributed by atoms with Gasteiger partial charge in [-0.05, 0) is 47.7 Å². The first-order valence-corrected chi connectivity index (χ1v) is 11.2. The van der Waals surface area contributed by atoms with E-state index in [-0.39, 0.29) is 5.78 Å². The van der Waals surface area contributed by atoms with Gasteiger partial charge in [0.25, 0.3) is 0 Å². The molecular formula is C23H26Br2O2. The predicted molar refractivity (Wildman–Crippen MR) is 118 cm³/mol. The van der Waals surface area contributed by atoms with Gasteiger partial charge in [0, 0.05) is 27.2 Å². The van der Waals surface area contributed by atoms with E-state index in [9.17, 15) is 4.79 Å². The Morgan fingerprint density at radius 3 is 2.30 bits per heavy atom. The number of hydrogen-bond donors (Lipinski definition) is 0. The summed E-state index contributed by atoms with van der Waals surface area (Å²) < 4.78 is 7.98. The lowest BCUT2D eigenvalue weighted by Crippen LogP contribution is -2.43. The molecule has 2 aromatic rings. The second-order valence-electron chi connectivity index (χ2n) is 7.36. The van der Waals surface area contributed by atoms with E-state index in [2.05, 4.69) is 57.8 Å². The van der Waals surface area contributed by atoms with E-state index >= 15 is 0 Å². The molecular weight excluding hydrogens is 468 g/mol. The first-order valence-electron chi connectivity index (χ1n) is 9.66. The molecule has 0 saturated heterocycles. The van der Waals surface area contributed by atoms with Crippen molar-refractivity contribution in [1.29, 1.82) is 0 Å². The Morgan fingerprint density at radius 2 is 1.67 bits per heavy atom. The first kappa shape index (κ1) is 20.8. The van der Waals surface area contributed by atoms with Crippen LogP contribution in [0, 0.1) is 5.92 Å². The number of ether oxygens (including phenoxy) is 1. The van der Waals surface area contributed by atoms with E-state index < -0.39 is 5.60 Å². The quantitative estimate of drug-likeness (QED) is 0.398. The van der Waals surface area contributed by atoms with Gasteiger partial charge < -0.3 is 4.74 Å². The monoisotopic (exact) mass is 492 g/mol. The number of Topliss-reactive ketones (excluding diaryl/α,β-unsaturated/α-hetero) is 1. The van der Waals surface area contributed by atoms with E-state index in [1.54, 1.807) is 7.11 Å². The van der Waals surface area contributed by atoms with Crippen LogP contribution < -0.4 is 0 Å². The second-order valence-corrected chi connectivity index (χ2v) is 9.19. The van der Waals surface area contributed by atoms with Crippen LogP contribution in [0.3, 0.4) is 0 Å². The molecule has 0 spiro atoms. The van der Waals surface area contributed by atoms with Crippen molar-refractivity contribution in [2.45, 2.75) is 51.6 Å². The van der Waals surface area contributed by atoms with Gasteiger partial charge in [-0.25, -0.2) is 0 Å². The lowest BCUT2D eigenvalue weighted by Gasteiger charge is -2.39. The number of rotatable bonds is 7. The molecule has 2 aromatic carbocycles. The third kappa shape index (κ3) is 3.81. The van der Waals surface area contributed by atoms with Gasteiger partial charge in [-0.2, -0.15) is 0 Å². The van der Waals surface area contributed by atoms with Crippen LogP contribution in [-0.2, 0) is 10.3 Å². The van der Waals surface area contributed by atoms with Crippen molar-refractivity contribution in [2.75, 3.05) is 7.11 Å². The zero-order valence-electron chi connectivity index (χ0n) is 16.1. The molecule has 1 aliphatic rings. The molecule has 0 amide bonds. The molecule has 0 heterocycles. The topological polar surface area (TPSA) is 26.3 Å². The van der Waals surface area contributed by atoms with Gasteiger partial charge in [0.15, 0.2) is 11.4 Å². The highest BCUT2D eigenvalue weighted by atomic mass is 79.9. The van der Waals surface area contributed by atoms with Crippen LogP contribution in [0.1, 0.15) is 61.9 Å². The van der Waals surface area contributed by atoms with Crippen molar-refractivity contribution in [1.82, 2.24) is 0 Å². The Balaban J connectivity index is 2.18. The van der Waals surface area contributed by atoms with Crippen molar-refractivity contribution in [2.24, 2.45) is 5.92 Å². The number of carbonyl (C=O) groups excluding carboxylic acids is 1. The zero-order valence-corrected chi connectivity index (χ0v) is 19.3. The van der Waals surface area contributed by atoms with Gasteiger partial charge in [0.05, 0.1) is 0 Å². The van der Waals surface area contributed by atoms with Crippen LogP contribution in [0.2, 0.25) is 0 Å². The second kappa shape index (κ2) is 8.59. The highest BCUT2D eigenvalue weighted by molar-refractivity contribution is 9.10. The summed E-state index contributed by atoms with van der Waals surface area (Å²) in [6.07, 6.45) is 5.24. The molecule has 0 aromatic heterocycles. The van der Waals surface area contributed by atoms with Gasteiger partial charge in [0.2, 0.25) is 0 Å². The summed E-state index contributed by atoms with van der Waals surface area (Å²) in [5.41, 5.74) is 2.87. The lowest BCUT2D eigenvalue weighted by atomic mass is 9.70. The van der Waals surface area contributed by atoms with Gasteiger partial charge in [0.1, 0.15) is 0 Å². The van der Waals surface area contributed by atoms with Crippen LogP contribution in [0.25, 0.3) is 11.1 Å². The normalized spacial score (nSPS) is 19.5. The average molecular weight is 494 g/mol. The maximum atomic E-state index is 13.8. The molecule has 0 fully saturated rings. The molecule has 0 aliphatic heterocycles. The van der Waals surface area contributed by atoms with Crippen LogP contribution >= 0.6 is 31.9 Å². The van der Waals surface area contributed by atoms with Crippen molar-refractivity contribution in [3.8, 4) is 11.1 Å². The number of unbranched alkanes of at least 4 members (excludes halogenated alkanes) is 1. The van der Waals surface area contributed by atoms with Crippen LogP contribution in [0.4, 0.5) is 0 Å². The number of benzene rings is 2. The van der Waals surface area contributed by atoms with Crippen LogP contribution in [-0.4, -0.2) is 12.9 Å². The third-order valence-electron chi connectivity index (χ3n) is 5.77. The molecule has 2 unspecified atom stereocenters. The predicted octanol–water partition coefficient (Wildman–Crippen LogP) is 7.52. The first-order chi connectivity index (χ1) is 13.0. The number of ketones is 1. The highest BCUT2D eigenvalue weighted by Gasteiger charge is 2.47. The minimum Gasteiger partial charge on any atom is -0.365 e. The van der Waals surface area contributed by atoms with Crippen LogP contribution in [0.15, 0.2) is 45.3 Å². The average Bonchev–Trinajstić information content (AvgIpc) is 2.68. The summed E-state index contributed by atoms with van der Waals surface area (Å²) in [7, 11) is 1.68. The minimum atomic E-state index is -0.929. The number of halogens is 2.